The molecule has 3 heteroatoms. The summed E-state index contributed by atoms with van der Waals surface area (Å²) < 4.78 is 0. The lowest BCUT2D eigenvalue weighted by molar-refractivity contribution is 0.207. The Kier molecular flexibility index (Phi) is 7.81. The van der Waals surface area contributed by atoms with E-state index in [0.717, 1.165) is 12.3 Å². The van der Waals surface area contributed by atoms with E-state index in [0.29, 0.717) is 6.61 Å². The van der Waals surface area contributed by atoms with Crippen molar-refractivity contribution in [3.05, 3.63) is 0 Å². The third-order valence-corrected chi connectivity index (χ3v) is 3.55. The van der Waals surface area contributed by atoms with Crippen LogP contribution in [0.5, 0.6) is 0 Å². The van der Waals surface area contributed by atoms with E-state index in [1.165, 1.54) is 58.4 Å². The number of hydrogen-bond donors (Lipinski definition) is 2. The smallest absolute Gasteiger partial charge is 0.0431 e. The third-order valence-electron chi connectivity index (χ3n) is 3.55. The second kappa shape index (κ2) is 8.97. The lowest BCUT2D eigenvalue weighted by Crippen LogP contribution is -2.36. The van der Waals surface area contributed by atoms with Gasteiger partial charge in [-0.1, -0.05) is 6.92 Å². The van der Waals surface area contributed by atoms with Gasteiger partial charge in [-0.2, -0.15) is 0 Å². The van der Waals surface area contributed by atoms with Gasteiger partial charge in [0.15, 0.2) is 0 Å². The third kappa shape index (κ3) is 5.83. The first-order valence-electron chi connectivity index (χ1n) is 6.90. The van der Waals surface area contributed by atoms with Crippen LogP contribution in [0.4, 0.5) is 0 Å². The molecular formula is C13H28N2O. The van der Waals surface area contributed by atoms with Gasteiger partial charge in [-0.05, 0) is 64.2 Å². The van der Waals surface area contributed by atoms with Crippen LogP contribution in [0.3, 0.4) is 0 Å². The molecule has 1 heterocycles. The maximum atomic E-state index is 8.73. The van der Waals surface area contributed by atoms with Crippen molar-refractivity contribution in [2.75, 3.05) is 39.3 Å². The number of nitrogens with one attached hydrogen (secondary N) is 1. The van der Waals surface area contributed by atoms with E-state index in [1.807, 2.05) is 0 Å². The molecule has 0 saturated carbocycles. The summed E-state index contributed by atoms with van der Waals surface area (Å²) >= 11 is 0. The van der Waals surface area contributed by atoms with E-state index < -0.39 is 0 Å². The van der Waals surface area contributed by atoms with Crippen LogP contribution >= 0.6 is 0 Å². The molecule has 0 atom stereocenters. The number of piperidine rings is 1. The lowest BCUT2D eigenvalue weighted by atomic mass is 9.97. The molecule has 1 fully saturated rings. The van der Waals surface area contributed by atoms with Crippen molar-refractivity contribution in [2.24, 2.45) is 5.92 Å². The van der Waals surface area contributed by atoms with Crippen LogP contribution in [-0.2, 0) is 0 Å². The van der Waals surface area contributed by atoms with Crippen molar-refractivity contribution >= 4 is 0 Å². The molecule has 0 radical (unpaired) electrons. The Hall–Kier alpha value is -0.120. The molecule has 0 unspecified atom stereocenters. The highest BCUT2D eigenvalue weighted by atomic mass is 16.2. The number of rotatable bonds is 8. The molecule has 0 aromatic rings. The van der Waals surface area contributed by atoms with Crippen LogP contribution in [0.1, 0.15) is 39.0 Å². The Balaban J connectivity index is 2.09. The second-order valence-electron chi connectivity index (χ2n) is 4.87. The molecule has 0 spiro atoms. The Morgan fingerprint density at radius 1 is 1.19 bits per heavy atom. The molecule has 0 amide bonds. The van der Waals surface area contributed by atoms with Gasteiger partial charge < -0.3 is 15.3 Å². The summed E-state index contributed by atoms with van der Waals surface area (Å²) in [5, 5.41) is 12.1. The van der Waals surface area contributed by atoms with Crippen molar-refractivity contribution in [1.82, 2.24) is 10.2 Å². The molecule has 3 nitrogen and oxygen atoms in total. The summed E-state index contributed by atoms with van der Waals surface area (Å²) in [6, 6.07) is 0. The normalized spacial score (nSPS) is 18.2. The zero-order chi connectivity index (χ0) is 11.6. The number of unbranched alkanes of at least 4 members (excludes halogenated alkanes) is 2. The van der Waals surface area contributed by atoms with Crippen molar-refractivity contribution in [3.63, 3.8) is 0 Å². The van der Waals surface area contributed by atoms with Crippen molar-refractivity contribution in [2.45, 2.75) is 39.0 Å². The zero-order valence-electron chi connectivity index (χ0n) is 10.7. The van der Waals surface area contributed by atoms with Crippen molar-refractivity contribution < 1.29 is 5.11 Å². The molecule has 1 aliphatic rings. The van der Waals surface area contributed by atoms with E-state index in [2.05, 4.69) is 17.1 Å². The summed E-state index contributed by atoms with van der Waals surface area (Å²) in [5.74, 6) is 0.902. The number of aliphatic hydroxyl groups is 1. The Morgan fingerprint density at radius 3 is 2.56 bits per heavy atom. The fourth-order valence-corrected chi connectivity index (χ4v) is 2.43. The molecule has 16 heavy (non-hydrogen) atoms. The summed E-state index contributed by atoms with van der Waals surface area (Å²) in [7, 11) is 0. The Morgan fingerprint density at radius 2 is 1.94 bits per heavy atom. The number of nitrogens with zero attached hydrogens (tertiary/aromatic N) is 1. The van der Waals surface area contributed by atoms with Crippen LogP contribution in [0.25, 0.3) is 0 Å². The average Bonchev–Trinajstić information content (AvgIpc) is 2.34. The monoisotopic (exact) mass is 228 g/mol. The molecule has 96 valence electrons. The van der Waals surface area contributed by atoms with Crippen LogP contribution in [0.15, 0.2) is 0 Å². The van der Waals surface area contributed by atoms with Gasteiger partial charge in [-0.15, -0.1) is 0 Å². The minimum absolute atomic E-state index is 0.348. The van der Waals surface area contributed by atoms with Gasteiger partial charge in [-0.3, -0.25) is 0 Å². The van der Waals surface area contributed by atoms with Crippen molar-refractivity contribution in [3.8, 4) is 0 Å². The zero-order valence-corrected chi connectivity index (χ0v) is 10.7. The van der Waals surface area contributed by atoms with Crippen LogP contribution in [0.2, 0.25) is 0 Å². The lowest BCUT2D eigenvalue weighted by Gasteiger charge is -2.29. The number of hydrogen-bond acceptors (Lipinski definition) is 3. The SMILES string of the molecule is CCN(CCCCCO)CC1CCNCC1. The minimum atomic E-state index is 0.348. The van der Waals surface area contributed by atoms with Crippen molar-refractivity contribution in [1.29, 1.82) is 0 Å². The van der Waals surface area contributed by atoms with Gasteiger partial charge in [0, 0.05) is 13.2 Å². The van der Waals surface area contributed by atoms with Crippen LogP contribution in [-0.4, -0.2) is 49.3 Å². The molecule has 1 rings (SSSR count). The summed E-state index contributed by atoms with van der Waals surface area (Å²) in [5.41, 5.74) is 0. The summed E-state index contributed by atoms with van der Waals surface area (Å²) in [4.78, 5) is 2.58. The predicted molar refractivity (Wildman–Crippen MR) is 68.6 cm³/mol. The molecule has 0 aromatic carbocycles. The molecule has 1 saturated heterocycles. The quantitative estimate of drug-likeness (QED) is 0.618. The molecule has 2 N–H and O–H groups in total. The molecule has 1 aliphatic heterocycles. The van der Waals surface area contributed by atoms with E-state index in [9.17, 15) is 0 Å². The fraction of sp³-hybridized carbons (Fsp3) is 1.00. The largest absolute Gasteiger partial charge is 0.396 e. The molecule has 0 aromatic heterocycles. The number of aliphatic hydroxyl groups excluding tert-OH is 1. The highest BCUT2D eigenvalue weighted by Gasteiger charge is 2.15. The fourth-order valence-electron chi connectivity index (χ4n) is 2.43. The highest BCUT2D eigenvalue weighted by molar-refractivity contribution is 4.72. The predicted octanol–water partition coefficient (Wildman–Crippen LogP) is 1.47. The second-order valence-corrected chi connectivity index (χ2v) is 4.87. The molecule has 0 aliphatic carbocycles. The van der Waals surface area contributed by atoms with Gasteiger partial charge in [-0.25, -0.2) is 0 Å². The molecular weight excluding hydrogens is 200 g/mol. The van der Waals surface area contributed by atoms with E-state index >= 15 is 0 Å². The van der Waals surface area contributed by atoms with Gasteiger partial charge in [0.2, 0.25) is 0 Å². The van der Waals surface area contributed by atoms with Gasteiger partial charge in [0.1, 0.15) is 0 Å². The maximum Gasteiger partial charge on any atom is 0.0431 e. The first kappa shape index (κ1) is 13.9. The highest BCUT2D eigenvalue weighted by Crippen LogP contribution is 2.13. The van der Waals surface area contributed by atoms with E-state index in [4.69, 9.17) is 5.11 Å². The van der Waals surface area contributed by atoms with Gasteiger partial charge in [0.05, 0.1) is 0 Å². The average molecular weight is 228 g/mol. The molecule has 0 bridgehead atoms. The summed E-state index contributed by atoms with van der Waals surface area (Å²) in [6.45, 7) is 8.66. The Labute approximate surface area is 100 Å². The van der Waals surface area contributed by atoms with Gasteiger partial charge >= 0.3 is 0 Å². The van der Waals surface area contributed by atoms with E-state index in [1.54, 1.807) is 0 Å². The van der Waals surface area contributed by atoms with E-state index in [-0.39, 0.29) is 0 Å². The van der Waals surface area contributed by atoms with Crippen LogP contribution in [0, 0.1) is 5.92 Å². The minimum Gasteiger partial charge on any atom is -0.396 e. The van der Waals surface area contributed by atoms with Gasteiger partial charge in [0.25, 0.3) is 0 Å². The first-order valence-corrected chi connectivity index (χ1v) is 6.90. The topological polar surface area (TPSA) is 35.5 Å². The Bertz CT molecular complexity index is 158. The standard InChI is InChI=1S/C13H28N2O/c1-2-15(10-4-3-5-11-16)12-13-6-8-14-9-7-13/h13-14,16H,2-12H2,1H3. The maximum absolute atomic E-state index is 8.73. The first-order chi connectivity index (χ1) is 7.86. The van der Waals surface area contributed by atoms with Crippen LogP contribution < -0.4 is 5.32 Å². The summed E-state index contributed by atoms with van der Waals surface area (Å²) in [6.07, 6.45) is 6.05.